The Labute approximate surface area is 616 Å². The monoisotopic (exact) mass is 1540 g/mol. The van der Waals surface area contributed by atoms with Gasteiger partial charge in [-0.15, -0.1) is 0 Å². The van der Waals surface area contributed by atoms with Gasteiger partial charge < -0.3 is 128 Å². The number of rotatable bonds is 51. The average molecular weight is 1540 g/mol. The molecule has 0 aliphatic heterocycles. The van der Waals surface area contributed by atoms with Crippen LogP contribution in [0.3, 0.4) is 0 Å². The fourth-order valence-corrected chi connectivity index (χ4v) is 9.22. The largest absolute Gasteiger partial charge is 0.481 e. The first-order valence-electron chi connectivity index (χ1n) is 33.5. The lowest BCUT2D eigenvalue weighted by atomic mass is 10.0. The number of carboxylic acids is 5. The van der Waals surface area contributed by atoms with Crippen LogP contribution in [0.4, 0.5) is 0 Å². The van der Waals surface area contributed by atoms with Crippen LogP contribution in [0.25, 0.3) is 0 Å². The summed E-state index contributed by atoms with van der Waals surface area (Å²) in [5.74, 6) is -24.9. The molecule has 1 aromatic carbocycles. The Bertz CT molecular complexity index is 3410. The van der Waals surface area contributed by atoms with Gasteiger partial charge in [0.25, 0.3) is 0 Å². The molecule has 0 fully saturated rings. The van der Waals surface area contributed by atoms with E-state index in [0.717, 1.165) is 6.92 Å². The van der Waals surface area contributed by atoms with E-state index < -0.39 is 269 Å². The smallest absolute Gasteiger partial charge is 0.326 e. The van der Waals surface area contributed by atoms with Crippen LogP contribution in [0, 0.1) is 11.8 Å². The fourth-order valence-electron chi connectivity index (χ4n) is 9.22. The van der Waals surface area contributed by atoms with Crippen LogP contribution in [0.15, 0.2) is 35.3 Å². The maximum absolute atomic E-state index is 14.3. The lowest BCUT2D eigenvalue weighted by Gasteiger charge is -2.27. The van der Waals surface area contributed by atoms with Crippen LogP contribution < -0.4 is 97.0 Å². The number of carbonyl (C=O) groups excluding carboxylic acids is 15. The van der Waals surface area contributed by atoms with Gasteiger partial charge in [-0.05, 0) is 63.4 Å². The summed E-state index contributed by atoms with van der Waals surface area (Å²) < 4.78 is 0. The Morgan fingerprint density at radius 1 is 0.398 bits per heavy atom. The van der Waals surface area contributed by atoms with Gasteiger partial charge in [-0.3, -0.25) is 96.1 Å². The zero-order chi connectivity index (χ0) is 82.1. The molecule has 1 rings (SSSR count). The molecule has 11 atom stereocenters. The van der Waals surface area contributed by atoms with Crippen LogP contribution in [0.1, 0.15) is 105 Å². The first-order chi connectivity index (χ1) is 50.5. The highest BCUT2D eigenvalue weighted by Gasteiger charge is 2.36. The number of aliphatic carboxylic acids is 5. The van der Waals surface area contributed by atoms with Crippen LogP contribution in [0.2, 0.25) is 0 Å². The first kappa shape index (κ1) is 93.8. The number of nitrogens with zero attached hydrogens (tertiary/aromatic N) is 1. The number of carboxylic acid groups (broad SMARTS) is 5. The SMILES string of the molecule is CC(C)CC(NC(=O)C(Cc1ccccc1)NC(=O)C(CC(=O)O)NC(=O)CNC(=O)C(CCC(=O)O)NC(=O)CNC(=O)C(CO)NC(=O)C(CC(=O)O)NC(=O)C(C)N)C(=O)NC(C)C(=O)NC(CCC(=O)O)C(=O)NCC(=O)NCC(=O)NCC(=O)NC(C(=O)NC(CCCN=C(N)N)C(=O)O)C(C)C. The summed E-state index contributed by atoms with van der Waals surface area (Å²) in [5.41, 5.74) is 16.4. The van der Waals surface area contributed by atoms with Crippen molar-refractivity contribution < 1.29 is 127 Å². The molecular formula is C63H97N19O26. The number of aliphatic imine (C=N–C) groups is 1. The van der Waals surface area contributed by atoms with Crippen molar-refractivity contribution in [2.45, 2.75) is 172 Å². The van der Waals surface area contributed by atoms with E-state index in [-0.39, 0.29) is 44.1 Å². The predicted molar refractivity (Wildman–Crippen MR) is 371 cm³/mol. The zero-order valence-corrected chi connectivity index (χ0v) is 59.9. The number of carbonyl (C=O) groups is 20. The highest BCUT2D eigenvalue weighted by Crippen LogP contribution is 2.11. The van der Waals surface area contributed by atoms with Crippen LogP contribution in [0.5, 0.6) is 0 Å². The molecular weight excluding hydrogens is 1440 g/mol. The van der Waals surface area contributed by atoms with Gasteiger partial charge in [-0.25, -0.2) is 4.79 Å². The van der Waals surface area contributed by atoms with Gasteiger partial charge in [0.15, 0.2) is 5.96 Å². The van der Waals surface area contributed by atoms with E-state index in [2.05, 4.69) is 74.1 Å². The highest BCUT2D eigenvalue weighted by molar-refractivity contribution is 6.00. The Hall–Kier alpha value is -12.2. The van der Waals surface area contributed by atoms with Crippen molar-refractivity contribution in [3.8, 4) is 0 Å². The minimum Gasteiger partial charge on any atom is -0.481 e. The minimum absolute atomic E-state index is 0.0559. The van der Waals surface area contributed by atoms with Gasteiger partial charge in [0.05, 0.1) is 58.2 Å². The maximum Gasteiger partial charge on any atom is 0.326 e. The van der Waals surface area contributed by atoms with Gasteiger partial charge in [0.2, 0.25) is 88.6 Å². The standard InChI is InChI=1S/C63H97N19O26/c1-29(2)19-37(57(102)73-32(6)53(98)76-35(15-17-48(91)92)55(100)70-24-43(85)68-23-42(84)69-25-46(88)82-51(30(3)4)61(106)77-36(62(107)108)13-10-18-67-63(65)66)79-58(103)38(20-33-11-8-7-9-12-33)80-59(104)39(21-49(93)94)75-45(87)27-71-54(99)34(14-16-47(89)90)74-44(86)26-72-56(101)41(28-83)81-60(105)40(22-50(95)96)78-52(97)31(5)64/h7-9,11-12,29-32,34-41,51,83H,10,13-28,64H2,1-6H3,(H,68,85)(H,69,84)(H,70,100)(H,71,99)(H,72,101)(H,73,102)(H,74,86)(H,75,87)(H,76,98)(H,77,106)(H,78,97)(H,79,103)(H,80,104)(H,81,105)(H,82,88)(H,89,90)(H,91,92)(H,93,94)(H,95,96)(H,107,108)(H4,65,66,67). The summed E-state index contributed by atoms with van der Waals surface area (Å²) in [6, 6.07) is -9.82. The van der Waals surface area contributed by atoms with Crippen molar-refractivity contribution in [1.82, 2.24) is 79.8 Å². The molecule has 27 N–H and O–H groups in total. The molecule has 45 nitrogen and oxygen atoms in total. The van der Waals surface area contributed by atoms with Crippen LogP contribution in [-0.4, -0.2) is 267 Å². The fraction of sp³-hybridized carbons (Fsp3) is 0.571. The summed E-state index contributed by atoms with van der Waals surface area (Å²) in [7, 11) is 0. The van der Waals surface area contributed by atoms with Crippen LogP contribution >= 0.6 is 0 Å². The van der Waals surface area contributed by atoms with Crippen LogP contribution in [-0.2, 0) is 102 Å². The lowest BCUT2D eigenvalue weighted by Crippen LogP contribution is -2.59. The molecule has 0 aliphatic rings. The number of aliphatic hydroxyl groups excluding tert-OH is 1. The van der Waals surface area contributed by atoms with Crippen molar-refractivity contribution in [2.24, 2.45) is 34.0 Å². The van der Waals surface area contributed by atoms with Crippen molar-refractivity contribution in [1.29, 1.82) is 0 Å². The van der Waals surface area contributed by atoms with E-state index in [4.69, 9.17) is 17.2 Å². The second-order valence-corrected chi connectivity index (χ2v) is 25.0. The van der Waals surface area contributed by atoms with E-state index in [9.17, 15) is 127 Å². The normalized spacial score (nSPS) is 13.8. The van der Waals surface area contributed by atoms with Crippen molar-refractivity contribution >= 4 is 124 Å². The van der Waals surface area contributed by atoms with Crippen molar-refractivity contribution in [2.75, 3.05) is 45.9 Å². The molecule has 0 saturated heterocycles. The summed E-state index contributed by atoms with van der Waals surface area (Å²) >= 11 is 0. The van der Waals surface area contributed by atoms with E-state index in [1.165, 1.54) is 19.1 Å². The zero-order valence-electron chi connectivity index (χ0n) is 59.9. The molecule has 0 aliphatic carbocycles. The van der Waals surface area contributed by atoms with Gasteiger partial charge in [0, 0.05) is 25.8 Å². The minimum atomic E-state index is -2.02. The topological polar surface area (TPSA) is 734 Å². The highest BCUT2D eigenvalue weighted by atomic mass is 16.4. The average Bonchev–Trinajstić information content (AvgIpc) is 0.871. The number of guanidine groups is 1. The molecule has 11 unspecified atom stereocenters. The number of nitrogens with one attached hydrogen (secondary N) is 15. The second kappa shape index (κ2) is 48.8. The summed E-state index contributed by atoms with van der Waals surface area (Å²) in [6.45, 7) is 3.35. The molecule has 15 amide bonds. The molecule has 108 heavy (non-hydrogen) atoms. The number of aliphatic hydroxyl groups is 1. The van der Waals surface area contributed by atoms with E-state index in [1.807, 2.05) is 10.6 Å². The quantitative estimate of drug-likeness (QED) is 0.0164. The van der Waals surface area contributed by atoms with E-state index >= 15 is 0 Å². The Morgan fingerprint density at radius 2 is 0.796 bits per heavy atom. The Morgan fingerprint density at radius 3 is 1.26 bits per heavy atom. The third kappa shape index (κ3) is 39.1. The molecule has 0 bridgehead atoms. The third-order valence-corrected chi connectivity index (χ3v) is 14.8. The molecule has 45 heteroatoms. The van der Waals surface area contributed by atoms with Gasteiger partial charge >= 0.3 is 29.8 Å². The summed E-state index contributed by atoms with van der Waals surface area (Å²) in [5, 5.41) is 90.4. The molecule has 0 aromatic heterocycles. The molecule has 0 saturated carbocycles. The van der Waals surface area contributed by atoms with E-state index in [1.54, 1.807) is 45.9 Å². The maximum atomic E-state index is 14.3. The Kier molecular flexibility index (Phi) is 42.4. The second-order valence-electron chi connectivity index (χ2n) is 25.0. The number of hydrogen-bond acceptors (Lipinski definition) is 23. The number of benzene rings is 1. The van der Waals surface area contributed by atoms with Gasteiger partial charge in [0.1, 0.15) is 60.4 Å². The number of amides is 15. The number of nitrogens with two attached hydrogens (primary N) is 3. The summed E-state index contributed by atoms with van der Waals surface area (Å²) in [4.78, 5) is 260. The molecule has 0 heterocycles. The predicted octanol–water partition coefficient (Wildman–Crippen LogP) is -10.5. The molecule has 600 valence electrons. The van der Waals surface area contributed by atoms with E-state index in [0.29, 0.717) is 5.56 Å². The van der Waals surface area contributed by atoms with Crippen molar-refractivity contribution in [3.05, 3.63) is 35.9 Å². The lowest BCUT2D eigenvalue weighted by molar-refractivity contribution is -0.143. The van der Waals surface area contributed by atoms with Gasteiger partial charge in [-0.2, -0.15) is 0 Å². The number of hydrogen-bond donors (Lipinski definition) is 24. The molecule has 0 spiro atoms. The molecule has 1 aromatic rings. The first-order valence-corrected chi connectivity index (χ1v) is 33.5. The molecule has 0 radical (unpaired) electrons. The Balaban J connectivity index is 3.17. The summed E-state index contributed by atoms with van der Waals surface area (Å²) in [6.07, 6.45) is -5.18. The van der Waals surface area contributed by atoms with Gasteiger partial charge in [-0.1, -0.05) is 58.0 Å². The van der Waals surface area contributed by atoms with Crippen molar-refractivity contribution in [3.63, 3.8) is 0 Å². The third-order valence-electron chi connectivity index (χ3n) is 14.8.